The van der Waals surface area contributed by atoms with Gasteiger partial charge in [-0.25, -0.2) is 0 Å². The van der Waals surface area contributed by atoms with Gasteiger partial charge in [0.25, 0.3) is 0 Å². The van der Waals surface area contributed by atoms with Gasteiger partial charge in [-0.05, 0) is 50.5 Å². The van der Waals surface area contributed by atoms with Gasteiger partial charge in [0, 0.05) is 18.8 Å². The van der Waals surface area contributed by atoms with Crippen LogP contribution in [0.4, 0.5) is 5.69 Å². The Kier molecular flexibility index (Phi) is 7.66. The molecule has 0 aromatic heterocycles. The molecule has 0 saturated carbocycles. The van der Waals surface area contributed by atoms with Crippen molar-refractivity contribution in [1.82, 2.24) is 4.90 Å². The Morgan fingerprint density at radius 3 is 2.38 bits per heavy atom. The summed E-state index contributed by atoms with van der Waals surface area (Å²) in [6.07, 6.45) is 0. The van der Waals surface area contributed by atoms with Gasteiger partial charge in [-0.3, -0.25) is 4.79 Å². The van der Waals surface area contributed by atoms with Crippen molar-refractivity contribution in [1.29, 1.82) is 0 Å². The molecule has 0 fully saturated rings. The Balaban J connectivity index is 2.27. The van der Waals surface area contributed by atoms with Crippen LogP contribution in [0.5, 0.6) is 0 Å². The molecule has 0 aliphatic heterocycles. The SMILES string of the molecule is CCN(CC)C(=S)S[C@H](C(=O)Nc1cc(C)ccc1C)c1ccccc1. The fraction of sp³-hybridized carbons (Fsp3) is 0.333. The van der Waals surface area contributed by atoms with Gasteiger partial charge in [-0.2, -0.15) is 0 Å². The second-order valence-electron chi connectivity index (χ2n) is 6.15. The molecule has 0 aliphatic carbocycles. The van der Waals surface area contributed by atoms with Crippen LogP contribution in [0.25, 0.3) is 0 Å². The Bertz CT molecular complexity index is 758. The molecule has 2 aromatic carbocycles. The summed E-state index contributed by atoms with van der Waals surface area (Å²) in [6.45, 7) is 9.84. The molecule has 0 heterocycles. The Morgan fingerprint density at radius 2 is 1.77 bits per heavy atom. The molecular weight excluding hydrogens is 360 g/mol. The first-order chi connectivity index (χ1) is 12.5. The van der Waals surface area contributed by atoms with E-state index in [0.29, 0.717) is 0 Å². The Morgan fingerprint density at radius 1 is 1.12 bits per heavy atom. The number of benzene rings is 2. The molecule has 0 spiro atoms. The summed E-state index contributed by atoms with van der Waals surface area (Å²) in [5.41, 5.74) is 3.97. The number of aryl methyl sites for hydroxylation is 2. The number of hydrogen-bond acceptors (Lipinski definition) is 3. The molecule has 2 aromatic rings. The second kappa shape index (κ2) is 9.74. The van der Waals surface area contributed by atoms with Crippen molar-refractivity contribution in [3.63, 3.8) is 0 Å². The lowest BCUT2D eigenvalue weighted by Crippen LogP contribution is -2.29. The average molecular weight is 387 g/mol. The van der Waals surface area contributed by atoms with Gasteiger partial charge in [-0.1, -0.05) is 66.4 Å². The van der Waals surface area contributed by atoms with Crippen LogP contribution < -0.4 is 5.32 Å². The minimum Gasteiger partial charge on any atom is -0.358 e. The highest BCUT2D eigenvalue weighted by Gasteiger charge is 2.25. The van der Waals surface area contributed by atoms with E-state index in [-0.39, 0.29) is 11.2 Å². The van der Waals surface area contributed by atoms with Crippen LogP contribution in [-0.2, 0) is 4.79 Å². The van der Waals surface area contributed by atoms with E-state index in [0.717, 1.165) is 39.8 Å². The van der Waals surface area contributed by atoms with Crippen LogP contribution in [0.1, 0.15) is 35.8 Å². The molecule has 1 N–H and O–H groups in total. The average Bonchev–Trinajstić information content (AvgIpc) is 2.64. The van der Waals surface area contributed by atoms with Crippen molar-refractivity contribution in [2.75, 3.05) is 18.4 Å². The number of hydrogen-bond donors (Lipinski definition) is 1. The normalized spacial score (nSPS) is 11.7. The predicted octanol–water partition coefficient (Wildman–Crippen LogP) is 5.34. The molecule has 5 heteroatoms. The number of thiocarbonyl (C=S) groups is 1. The molecule has 0 bridgehead atoms. The first kappa shape index (κ1) is 20.5. The van der Waals surface area contributed by atoms with E-state index in [2.05, 4.69) is 24.1 Å². The van der Waals surface area contributed by atoms with Crippen LogP contribution in [0, 0.1) is 13.8 Å². The van der Waals surface area contributed by atoms with E-state index in [1.54, 1.807) is 0 Å². The smallest absolute Gasteiger partial charge is 0.242 e. The van der Waals surface area contributed by atoms with Crippen molar-refractivity contribution >= 4 is 39.9 Å². The molecule has 0 aliphatic rings. The summed E-state index contributed by atoms with van der Waals surface area (Å²) in [5.74, 6) is -0.0515. The first-order valence-electron chi connectivity index (χ1n) is 8.84. The summed E-state index contributed by atoms with van der Waals surface area (Å²) in [6, 6.07) is 15.9. The fourth-order valence-electron chi connectivity index (χ4n) is 2.63. The number of nitrogens with zero attached hydrogens (tertiary/aromatic N) is 1. The minimum atomic E-state index is -0.385. The van der Waals surface area contributed by atoms with Gasteiger partial charge in [0.05, 0.1) is 0 Å². The lowest BCUT2D eigenvalue weighted by molar-refractivity contribution is -0.115. The van der Waals surface area contributed by atoms with Crippen LogP contribution in [0.3, 0.4) is 0 Å². The van der Waals surface area contributed by atoms with Crippen molar-refractivity contribution in [3.05, 3.63) is 65.2 Å². The number of amides is 1. The lowest BCUT2D eigenvalue weighted by atomic mass is 10.1. The highest BCUT2D eigenvalue weighted by atomic mass is 32.2. The summed E-state index contributed by atoms with van der Waals surface area (Å²) < 4.78 is 0.750. The summed E-state index contributed by atoms with van der Waals surface area (Å²) >= 11 is 7.03. The Labute approximate surface area is 166 Å². The number of rotatable bonds is 6. The highest BCUT2D eigenvalue weighted by Crippen LogP contribution is 2.33. The molecule has 0 unspecified atom stereocenters. The van der Waals surface area contributed by atoms with Crippen molar-refractivity contribution in [2.24, 2.45) is 0 Å². The fourth-order valence-corrected chi connectivity index (χ4v) is 4.24. The van der Waals surface area contributed by atoms with Crippen LogP contribution in [0.15, 0.2) is 48.5 Å². The maximum Gasteiger partial charge on any atom is 0.242 e. The van der Waals surface area contributed by atoms with Crippen molar-refractivity contribution in [2.45, 2.75) is 32.9 Å². The zero-order chi connectivity index (χ0) is 19.1. The topological polar surface area (TPSA) is 32.3 Å². The maximum atomic E-state index is 13.1. The third-order valence-electron chi connectivity index (χ3n) is 4.23. The van der Waals surface area contributed by atoms with E-state index in [1.807, 2.05) is 62.4 Å². The molecule has 0 radical (unpaired) electrons. The van der Waals surface area contributed by atoms with Crippen molar-refractivity contribution in [3.8, 4) is 0 Å². The maximum absolute atomic E-state index is 13.1. The summed E-state index contributed by atoms with van der Waals surface area (Å²) in [4.78, 5) is 15.2. The number of anilines is 1. The van der Waals surface area contributed by atoms with E-state index in [1.165, 1.54) is 11.8 Å². The minimum absolute atomic E-state index is 0.0515. The zero-order valence-electron chi connectivity index (χ0n) is 15.8. The van der Waals surface area contributed by atoms with Crippen LogP contribution in [0.2, 0.25) is 0 Å². The predicted molar refractivity (Wildman–Crippen MR) is 117 cm³/mol. The molecule has 3 nitrogen and oxygen atoms in total. The van der Waals surface area contributed by atoms with E-state index < -0.39 is 0 Å². The van der Waals surface area contributed by atoms with Gasteiger partial charge >= 0.3 is 0 Å². The number of carbonyl (C=O) groups excluding carboxylic acids is 1. The summed E-state index contributed by atoms with van der Waals surface area (Å²) in [5, 5.41) is 2.71. The molecule has 0 saturated heterocycles. The summed E-state index contributed by atoms with van der Waals surface area (Å²) in [7, 11) is 0. The molecular formula is C21H26N2OS2. The van der Waals surface area contributed by atoms with E-state index in [9.17, 15) is 4.79 Å². The molecule has 138 valence electrons. The molecule has 2 rings (SSSR count). The zero-order valence-corrected chi connectivity index (χ0v) is 17.4. The second-order valence-corrected chi connectivity index (χ2v) is 7.89. The van der Waals surface area contributed by atoms with Gasteiger partial charge in [0.15, 0.2) is 0 Å². The first-order valence-corrected chi connectivity index (χ1v) is 10.1. The molecule has 1 atom stereocenters. The third kappa shape index (κ3) is 5.32. The molecule has 26 heavy (non-hydrogen) atoms. The molecule has 1 amide bonds. The van der Waals surface area contributed by atoms with Crippen LogP contribution in [-0.4, -0.2) is 28.2 Å². The monoisotopic (exact) mass is 386 g/mol. The van der Waals surface area contributed by atoms with Gasteiger partial charge < -0.3 is 10.2 Å². The van der Waals surface area contributed by atoms with E-state index in [4.69, 9.17) is 12.2 Å². The number of carbonyl (C=O) groups is 1. The quantitative estimate of drug-likeness (QED) is 0.679. The standard InChI is InChI=1S/C21H26N2OS2/c1-5-23(6-2)21(25)26-19(17-10-8-7-9-11-17)20(24)22-18-14-15(3)12-13-16(18)4/h7-14,19H,5-6H2,1-4H3,(H,22,24)/t19-/m0/s1. The van der Waals surface area contributed by atoms with Gasteiger partial charge in [-0.15, -0.1) is 0 Å². The highest BCUT2D eigenvalue weighted by molar-refractivity contribution is 8.23. The van der Waals surface area contributed by atoms with Crippen molar-refractivity contribution < 1.29 is 4.79 Å². The van der Waals surface area contributed by atoms with Gasteiger partial charge in [0.1, 0.15) is 9.57 Å². The van der Waals surface area contributed by atoms with Gasteiger partial charge in [0.2, 0.25) is 5.91 Å². The number of thioether (sulfide) groups is 1. The van der Waals surface area contributed by atoms with Crippen LogP contribution >= 0.6 is 24.0 Å². The third-order valence-corrected chi connectivity index (χ3v) is 5.96. The lowest BCUT2D eigenvalue weighted by Gasteiger charge is -2.25. The number of nitrogens with one attached hydrogen (secondary N) is 1. The largest absolute Gasteiger partial charge is 0.358 e. The Hall–Kier alpha value is -1.85. The van der Waals surface area contributed by atoms with E-state index >= 15 is 0 Å².